The highest BCUT2D eigenvalue weighted by molar-refractivity contribution is 5.82. The van der Waals surface area contributed by atoms with E-state index in [0.717, 1.165) is 25.7 Å². The van der Waals surface area contributed by atoms with Crippen LogP contribution in [0.1, 0.15) is 106 Å². The van der Waals surface area contributed by atoms with E-state index in [1.54, 1.807) is 41.5 Å². The molecule has 0 amide bonds. The van der Waals surface area contributed by atoms with Crippen LogP contribution < -0.4 is 0 Å². The number of carboxylic acid groups (broad SMARTS) is 2. The van der Waals surface area contributed by atoms with Crippen molar-refractivity contribution in [3.63, 3.8) is 0 Å². The van der Waals surface area contributed by atoms with Crippen LogP contribution in [0.5, 0.6) is 0 Å². The highest BCUT2D eigenvalue weighted by Crippen LogP contribution is 2.41. The van der Waals surface area contributed by atoms with Gasteiger partial charge >= 0.3 is 36.2 Å². The number of aliphatic carboxylic acids is 2. The molecule has 0 aromatic carbocycles. The zero-order chi connectivity index (χ0) is 34.3. The van der Waals surface area contributed by atoms with Crippen LogP contribution in [0.2, 0.25) is 0 Å². The number of carboxylic acids is 2. The third-order valence-corrected chi connectivity index (χ3v) is 7.07. The number of hydrogen-bond acceptors (Lipinski definition) is 6. The molecule has 0 spiro atoms. The van der Waals surface area contributed by atoms with E-state index in [-0.39, 0.29) is 24.7 Å². The van der Waals surface area contributed by atoms with Crippen LogP contribution in [-0.4, -0.2) is 57.6 Å². The van der Waals surface area contributed by atoms with E-state index < -0.39 is 96.8 Å². The summed E-state index contributed by atoms with van der Waals surface area (Å²) < 4.78 is 84.7. The second kappa shape index (κ2) is 15.6. The monoisotopic (exact) mass is 648 g/mol. The van der Waals surface area contributed by atoms with Crippen LogP contribution in [0.4, 0.5) is 26.3 Å². The van der Waals surface area contributed by atoms with Crippen molar-refractivity contribution < 1.29 is 65.2 Å². The fraction of sp³-hybridized carbons (Fsp3) is 0.867. The molecular weight excluding hydrogens is 602 g/mol. The Kier molecular flexibility index (Phi) is 14.0. The molecule has 14 heteroatoms. The van der Waals surface area contributed by atoms with Gasteiger partial charge in [0, 0.05) is 12.8 Å². The van der Waals surface area contributed by atoms with E-state index in [9.17, 15) is 55.7 Å². The summed E-state index contributed by atoms with van der Waals surface area (Å²) in [5.74, 6) is -8.52. The number of carbonyl (C=O) groups is 4. The molecule has 8 nitrogen and oxygen atoms in total. The molecule has 2 aliphatic carbocycles. The summed E-state index contributed by atoms with van der Waals surface area (Å²) in [5.41, 5.74) is -1.60. The molecule has 2 fully saturated rings. The van der Waals surface area contributed by atoms with Gasteiger partial charge in [-0.3, -0.25) is 19.2 Å². The van der Waals surface area contributed by atoms with Gasteiger partial charge in [0.1, 0.15) is 11.2 Å². The molecule has 0 unspecified atom stereocenters. The average molecular weight is 649 g/mol. The summed E-state index contributed by atoms with van der Waals surface area (Å²) in [4.78, 5) is 47.2. The van der Waals surface area contributed by atoms with Gasteiger partial charge in [-0.1, -0.05) is 25.7 Å². The van der Waals surface area contributed by atoms with Crippen molar-refractivity contribution in [3.8, 4) is 0 Å². The van der Waals surface area contributed by atoms with E-state index in [0.29, 0.717) is 0 Å². The number of ether oxygens (including phenoxy) is 2. The quantitative estimate of drug-likeness (QED) is 0.146. The Balaban J connectivity index is 0.000000440. The highest BCUT2D eigenvalue weighted by atomic mass is 19.4. The highest BCUT2D eigenvalue weighted by Gasteiger charge is 2.43. The minimum atomic E-state index is -4.44. The standard InChI is InChI=1S/2C15H23F3O4/c2*1-14(2,3)22-13(21)11(8-9-4-5-9)10(12(19)20)6-7-15(16,17)18/h2*9-11H,4-8H2,1-3H3,(H,19,20)/t10-,11+;10-,11-/m11/s1. The van der Waals surface area contributed by atoms with E-state index in [1.807, 2.05) is 0 Å². The van der Waals surface area contributed by atoms with Crippen LogP contribution in [0.3, 0.4) is 0 Å². The van der Waals surface area contributed by atoms with E-state index in [1.165, 1.54) is 0 Å². The molecule has 0 aromatic heterocycles. The van der Waals surface area contributed by atoms with Gasteiger partial charge in [0.25, 0.3) is 0 Å². The lowest BCUT2D eigenvalue weighted by atomic mass is 9.84. The minimum Gasteiger partial charge on any atom is -0.481 e. The Morgan fingerprint density at radius 3 is 1.05 bits per heavy atom. The first-order valence-corrected chi connectivity index (χ1v) is 14.8. The first-order chi connectivity index (χ1) is 19.8. The maximum atomic E-state index is 12.4. The van der Waals surface area contributed by atoms with E-state index in [2.05, 4.69) is 0 Å². The van der Waals surface area contributed by atoms with Crippen molar-refractivity contribution in [2.45, 2.75) is 129 Å². The molecule has 0 aromatic rings. The number of alkyl halides is 6. The summed E-state index contributed by atoms with van der Waals surface area (Å²) in [6.07, 6.45) is -8.43. The Labute approximate surface area is 254 Å². The number of halogens is 6. The van der Waals surface area contributed by atoms with Crippen molar-refractivity contribution in [3.05, 3.63) is 0 Å². The Bertz CT molecular complexity index is 894. The van der Waals surface area contributed by atoms with Crippen LogP contribution in [0.25, 0.3) is 0 Å². The van der Waals surface area contributed by atoms with Crippen LogP contribution in [0, 0.1) is 35.5 Å². The van der Waals surface area contributed by atoms with E-state index >= 15 is 0 Å². The molecule has 2 aliphatic rings. The smallest absolute Gasteiger partial charge is 0.389 e. The molecule has 0 bridgehead atoms. The lowest BCUT2D eigenvalue weighted by Crippen LogP contribution is -2.36. The molecule has 0 aliphatic heterocycles. The lowest BCUT2D eigenvalue weighted by molar-refractivity contribution is -0.170. The second-order valence-corrected chi connectivity index (χ2v) is 13.8. The van der Waals surface area contributed by atoms with Gasteiger partial charge in [-0.25, -0.2) is 0 Å². The van der Waals surface area contributed by atoms with Crippen LogP contribution in [-0.2, 0) is 28.7 Å². The summed E-state index contributed by atoms with van der Waals surface area (Å²) in [5, 5.41) is 18.5. The van der Waals surface area contributed by atoms with Gasteiger partial charge in [-0.15, -0.1) is 0 Å². The first-order valence-electron chi connectivity index (χ1n) is 14.8. The Hall–Kier alpha value is -2.54. The SMILES string of the molecule is CC(C)(C)OC(=O)[C@@H](CC1CC1)[C@@H](CCC(F)(F)F)C(=O)O.CC(C)(C)OC(=O)[C@H](CC1CC1)[C@@H](CCC(F)(F)F)C(=O)O. The lowest BCUT2D eigenvalue weighted by Gasteiger charge is -2.27. The number of esters is 2. The third-order valence-electron chi connectivity index (χ3n) is 7.07. The molecule has 256 valence electrons. The van der Waals surface area contributed by atoms with Gasteiger partial charge in [0.05, 0.1) is 23.7 Å². The minimum absolute atomic E-state index is 0.213. The van der Waals surface area contributed by atoms with Gasteiger partial charge in [0.2, 0.25) is 0 Å². The number of hydrogen-bond donors (Lipinski definition) is 2. The van der Waals surface area contributed by atoms with Crippen LogP contribution in [0.15, 0.2) is 0 Å². The maximum Gasteiger partial charge on any atom is 0.389 e. The zero-order valence-corrected chi connectivity index (χ0v) is 26.1. The summed E-state index contributed by atoms with van der Waals surface area (Å²) >= 11 is 0. The predicted molar refractivity (Wildman–Crippen MR) is 146 cm³/mol. The fourth-order valence-corrected chi connectivity index (χ4v) is 4.66. The second-order valence-electron chi connectivity index (χ2n) is 13.8. The zero-order valence-electron chi connectivity index (χ0n) is 26.1. The molecule has 4 atom stereocenters. The normalized spacial score (nSPS) is 18.6. The van der Waals surface area contributed by atoms with Gasteiger partial charge in [-0.2, -0.15) is 26.3 Å². The van der Waals surface area contributed by atoms with Crippen molar-refractivity contribution in [2.24, 2.45) is 35.5 Å². The molecule has 2 N–H and O–H groups in total. The van der Waals surface area contributed by atoms with Crippen molar-refractivity contribution >= 4 is 23.9 Å². The van der Waals surface area contributed by atoms with E-state index in [4.69, 9.17) is 9.47 Å². The maximum absolute atomic E-state index is 12.4. The molecule has 2 saturated carbocycles. The number of rotatable bonds is 14. The molecule has 0 heterocycles. The topological polar surface area (TPSA) is 127 Å². The molecule has 44 heavy (non-hydrogen) atoms. The van der Waals surface area contributed by atoms with Gasteiger partial charge in [-0.05, 0) is 79.1 Å². The van der Waals surface area contributed by atoms with Crippen molar-refractivity contribution in [2.75, 3.05) is 0 Å². The summed E-state index contributed by atoms with van der Waals surface area (Å²) in [7, 11) is 0. The first kappa shape index (κ1) is 39.5. The Morgan fingerprint density at radius 1 is 0.591 bits per heavy atom. The summed E-state index contributed by atoms with van der Waals surface area (Å²) in [6.45, 7) is 9.86. The average Bonchev–Trinajstić information content (AvgIpc) is 3.70. The Morgan fingerprint density at radius 2 is 0.864 bits per heavy atom. The predicted octanol–water partition coefficient (Wildman–Crippen LogP) is 7.58. The molecule has 2 rings (SSSR count). The van der Waals surface area contributed by atoms with Gasteiger partial charge in [0.15, 0.2) is 0 Å². The molecular formula is C30H46F6O8. The molecule has 0 radical (unpaired) electrons. The third kappa shape index (κ3) is 17.7. The fourth-order valence-electron chi connectivity index (χ4n) is 4.66. The largest absolute Gasteiger partial charge is 0.481 e. The van der Waals surface area contributed by atoms with Crippen LogP contribution >= 0.6 is 0 Å². The molecule has 0 saturated heterocycles. The van der Waals surface area contributed by atoms with Crippen molar-refractivity contribution in [1.82, 2.24) is 0 Å². The summed E-state index contributed by atoms with van der Waals surface area (Å²) in [6, 6.07) is 0. The number of carbonyl (C=O) groups excluding carboxylic acids is 2. The van der Waals surface area contributed by atoms with Crippen molar-refractivity contribution in [1.29, 1.82) is 0 Å². The van der Waals surface area contributed by atoms with Gasteiger partial charge < -0.3 is 19.7 Å².